The van der Waals surface area contributed by atoms with E-state index in [2.05, 4.69) is 26.0 Å². The Morgan fingerprint density at radius 2 is 2.21 bits per heavy atom. The summed E-state index contributed by atoms with van der Waals surface area (Å²) in [5.41, 5.74) is 0. The molecule has 0 aromatic carbocycles. The minimum atomic E-state index is 0.197. The molecule has 0 aliphatic heterocycles. The Morgan fingerprint density at radius 3 is 2.79 bits per heavy atom. The summed E-state index contributed by atoms with van der Waals surface area (Å²) >= 11 is 1.78. The molecule has 1 saturated carbocycles. The highest BCUT2D eigenvalue weighted by molar-refractivity contribution is 7.12. The Labute approximate surface area is 89.1 Å². The molecule has 1 heterocycles. The molecule has 2 rings (SSSR count). The largest absolute Gasteiger partial charge is 0.299 e. The van der Waals surface area contributed by atoms with Crippen LogP contribution in [0.1, 0.15) is 41.9 Å². The lowest BCUT2D eigenvalue weighted by atomic mass is 9.79. The number of ketones is 1. The Hall–Kier alpha value is -0.630. The highest BCUT2D eigenvalue weighted by Crippen LogP contribution is 2.37. The standard InChI is InChI=1S/C12H16OS/c1-8-4-3-5-10(13)12(8)11-7-6-9(2)14-11/h6-8,12H,3-5H2,1-2H3/t8-,12+/m0/s1. The topological polar surface area (TPSA) is 17.1 Å². The van der Waals surface area contributed by atoms with Gasteiger partial charge in [-0.1, -0.05) is 6.92 Å². The highest BCUT2D eigenvalue weighted by atomic mass is 32.1. The van der Waals surface area contributed by atoms with Gasteiger partial charge < -0.3 is 0 Å². The van der Waals surface area contributed by atoms with Crippen molar-refractivity contribution in [1.82, 2.24) is 0 Å². The van der Waals surface area contributed by atoms with Gasteiger partial charge in [-0.2, -0.15) is 0 Å². The first-order valence-electron chi connectivity index (χ1n) is 5.27. The van der Waals surface area contributed by atoms with Gasteiger partial charge >= 0.3 is 0 Å². The normalized spacial score (nSPS) is 28.0. The van der Waals surface area contributed by atoms with E-state index in [1.165, 1.54) is 16.2 Å². The number of hydrogen-bond acceptors (Lipinski definition) is 2. The molecule has 14 heavy (non-hydrogen) atoms. The van der Waals surface area contributed by atoms with Crippen molar-refractivity contribution >= 4 is 17.1 Å². The van der Waals surface area contributed by atoms with Crippen molar-refractivity contribution in [3.05, 3.63) is 21.9 Å². The van der Waals surface area contributed by atoms with E-state index in [-0.39, 0.29) is 5.92 Å². The zero-order chi connectivity index (χ0) is 10.1. The predicted octanol–water partition coefficient (Wildman–Crippen LogP) is 3.53. The SMILES string of the molecule is Cc1ccc([C@H]2C(=O)CCC[C@@H]2C)s1. The summed E-state index contributed by atoms with van der Waals surface area (Å²) in [6, 6.07) is 4.25. The molecule has 0 N–H and O–H groups in total. The highest BCUT2D eigenvalue weighted by Gasteiger charge is 2.30. The molecule has 1 aliphatic carbocycles. The van der Waals surface area contributed by atoms with E-state index < -0.39 is 0 Å². The van der Waals surface area contributed by atoms with E-state index in [1.807, 2.05) is 0 Å². The number of thiophene rings is 1. The van der Waals surface area contributed by atoms with Gasteiger partial charge in [0.25, 0.3) is 0 Å². The first kappa shape index (κ1) is 9.91. The van der Waals surface area contributed by atoms with E-state index in [4.69, 9.17) is 0 Å². The van der Waals surface area contributed by atoms with Gasteiger partial charge in [-0.05, 0) is 37.8 Å². The molecule has 1 aliphatic rings. The van der Waals surface area contributed by atoms with Crippen LogP contribution in [0, 0.1) is 12.8 Å². The van der Waals surface area contributed by atoms with E-state index in [0.29, 0.717) is 11.7 Å². The second-order valence-electron chi connectivity index (χ2n) is 4.26. The Kier molecular flexibility index (Phi) is 2.73. The second kappa shape index (κ2) is 3.85. The van der Waals surface area contributed by atoms with E-state index >= 15 is 0 Å². The van der Waals surface area contributed by atoms with Crippen LogP contribution in [-0.4, -0.2) is 5.78 Å². The average molecular weight is 208 g/mol. The third-order valence-electron chi connectivity index (χ3n) is 3.07. The lowest BCUT2D eigenvalue weighted by Crippen LogP contribution is -2.23. The molecule has 0 spiro atoms. The lowest BCUT2D eigenvalue weighted by molar-refractivity contribution is -0.123. The summed E-state index contributed by atoms with van der Waals surface area (Å²) in [7, 11) is 0. The quantitative estimate of drug-likeness (QED) is 0.690. The lowest BCUT2D eigenvalue weighted by Gasteiger charge is -2.26. The molecule has 2 atom stereocenters. The van der Waals surface area contributed by atoms with Crippen molar-refractivity contribution in [1.29, 1.82) is 0 Å². The summed E-state index contributed by atoms with van der Waals surface area (Å²) < 4.78 is 0. The number of rotatable bonds is 1. The van der Waals surface area contributed by atoms with Crippen LogP contribution in [-0.2, 0) is 4.79 Å². The molecule has 0 bridgehead atoms. The summed E-state index contributed by atoms with van der Waals surface area (Å²) in [4.78, 5) is 14.4. The van der Waals surface area contributed by atoms with Crippen molar-refractivity contribution in [3.8, 4) is 0 Å². The van der Waals surface area contributed by atoms with Crippen LogP contribution in [0.25, 0.3) is 0 Å². The van der Waals surface area contributed by atoms with Crippen LogP contribution >= 0.6 is 11.3 Å². The van der Waals surface area contributed by atoms with Crippen molar-refractivity contribution in [2.75, 3.05) is 0 Å². The second-order valence-corrected chi connectivity index (χ2v) is 5.58. The third-order valence-corrected chi connectivity index (χ3v) is 4.15. The molecule has 2 heteroatoms. The summed E-state index contributed by atoms with van der Waals surface area (Å²) in [6.07, 6.45) is 3.07. The van der Waals surface area contributed by atoms with Gasteiger partial charge in [0.2, 0.25) is 0 Å². The van der Waals surface area contributed by atoms with Gasteiger partial charge in [0.15, 0.2) is 0 Å². The van der Waals surface area contributed by atoms with Crippen LogP contribution in [0.15, 0.2) is 12.1 Å². The molecule has 1 fully saturated rings. The number of aryl methyl sites for hydroxylation is 1. The number of carbonyl (C=O) groups is 1. The smallest absolute Gasteiger partial charge is 0.141 e. The third kappa shape index (κ3) is 1.76. The number of hydrogen-bond donors (Lipinski definition) is 0. The number of carbonyl (C=O) groups excluding carboxylic acids is 1. The predicted molar refractivity (Wildman–Crippen MR) is 59.8 cm³/mol. The summed E-state index contributed by atoms with van der Waals surface area (Å²) in [5, 5.41) is 0. The Bertz CT molecular complexity index is 340. The Balaban J connectivity index is 2.26. The monoisotopic (exact) mass is 208 g/mol. The maximum absolute atomic E-state index is 11.8. The van der Waals surface area contributed by atoms with Crippen LogP contribution in [0.5, 0.6) is 0 Å². The van der Waals surface area contributed by atoms with E-state index in [1.54, 1.807) is 11.3 Å². The fourth-order valence-electron chi connectivity index (χ4n) is 2.30. The maximum Gasteiger partial charge on any atom is 0.141 e. The molecule has 0 unspecified atom stereocenters. The van der Waals surface area contributed by atoms with Gasteiger partial charge in [-0.15, -0.1) is 11.3 Å². The van der Waals surface area contributed by atoms with Crippen LogP contribution in [0.2, 0.25) is 0 Å². The molecular formula is C12H16OS. The van der Waals surface area contributed by atoms with Crippen molar-refractivity contribution in [2.24, 2.45) is 5.92 Å². The maximum atomic E-state index is 11.8. The minimum absolute atomic E-state index is 0.197. The van der Waals surface area contributed by atoms with E-state index in [0.717, 1.165) is 12.8 Å². The van der Waals surface area contributed by atoms with Gasteiger partial charge in [0.05, 0.1) is 5.92 Å². The van der Waals surface area contributed by atoms with Crippen molar-refractivity contribution < 1.29 is 4.79 Å². The zero-order valence-corrected chi connectivity index (χ0v) is 9.56. The van der Waals surface area contributed by atoms with Crippen LogP contribution in [0.3, 0.4) is 0 Å². The summed E-state index contributed by atoms with van der Waals surface area (Å²) in [5.74, 6) is 1.18. The van der Waals surface area contributed by atoms with Gasteiger partial charge in [-0.25, -0.2) is 0 Å². The van der Waals surface area contributed by atoms with Gasteiger partial charge in [0, 0.05) is 16.2 Å². The van der Waals surface area contributed by atoms with Crippen LogP contribution in [0.4, 0.5) is 0 Å². The van der Waals surface area contributed by atoms with Crippen molar-refractivity contribution in [2.45, 2.75) is 39.0 Å². The molecule has 1 nitrogen and oxygen atoms in total. The summed E-state index contributed by atoms with van der Waals surface area (Å²) in [6.45, 7) is 4.31. The molecule has 1 aromatic rings. The molecule has 0 saturated heterocycles. The molecule has 1 aromatic heterocycles. The molecule has 0 amide bonds. The van der Waals surface area contributed by atoms with Gasteiger partial charge in [-0.3, -0.25) is 4.79 Å². The first-order valence-corrected chi connectivity index (χ1v) is 6.09. The zero-order valence-electron chi connectivity index (χ0n) is 8.75. The minimum Gasteiger partial charge on any atom is -0.299 e. The van der Waals surface area contributed by atoms with Crippen LogP contribution < -0.4 is 0 Å². The van der Waals surface area contributed by atoms with Crippen molar-refractivity contribution in [3.63, 3.8) is 0 Å². The van der Waals surface area contributed by atoms with E-state index in [9.17, 15) is 4.79 Å². The van der Waals surface area contributed by atoms with Gasteiger partial charge in [0.1, 0.15) is 5.78 Å². The number of Topliss-reactive ketones (excluding diaryl/α,β-unsaturated/α-hetero) is 1. The first-order chi connectivity index (χ1) is 6.68. The fraction of sp³-hybridized carbons (Fsp3) is 0.583. The Morgan fingerprint density at radius 1 is 1.43 bits per heavy atom. The molecule has 0 radical (unpaired) electrons. The molecular weight excluding hydrogens is 192 g/mol. The average Bonchev–Trinajstić information content (AvgIpc) is 2.51. The fourth-order valence-corrected chi connectivity index (χ4v) is 3.43. The molecule has 76 valence electrons.